The molecule has 0 saturated carbocycles. The van der Waals surface area contributed by atoms with E-state index in [2.05, 4.69) is 34.7 Å². The fraction of sp³-hybridized carbons (Fsp3) is 0.700. The summed E-state index contributed by atoms with van der Waals surface area (Å²) >= 11 is 0. The molecular formula is C10H20N4. The first-order valence-electron chi connectivity index (χ1n) is 5.18. The number of hydrogen-bond acceptors (Lipinski definition) is 3. The summed E-state index contributed by atoms with van der Waals surface area (Å²) in [7, 11) is 0. The van der Waals surface area contributed by atoms with E-state index in [0.717, 1.165) is 37.8 Å². The molecule has 1 aromatic rings. The van der Waals surface area contributed by atoms with Gasteiger partial charge in [0.25, 0.3) is 0 Å². The number of hydrogen-bond donors (Lipinski definition) is 3. The molecule has 0 atom stereocenters. The van der Waals surface area contributed by atoms with Gasteiger partial charge in [-0.2, -0.15) is 5.10 Å². The van der Waals surface area contributed by atoms with Crippen LogP contribution in [0, 0.1) is 5.92 Å². The maximum Gasteiger partial charge on any atom is 0.0490 e. The molecule has 4 heteroatoms. The highest BCUT2D eigenvalue weighted by atomic mass is 15.1. The van der Waals surface area contributed by atoms with E-state index in [0.29, 0.717) is 0 Å². The Bertz CT molecular complexity index is 218. The van der Waals surface area contributed by atoms with Gasteiger partial charge in [-0.3, -0.25) is 5.10 Å². The zero-order valence-electron chi connectivity index (χ0n) is 9.01. The summed E-state index contributed by atoms with van der Waals surface area (Å²) in [6.07, 6.45) is 1.77. The number of aromatic nitrogens is 2. The van der Waals surface area contributed by atoms with Crippen LogP contribution < -0.4 is 10.6 Å². The fourth-order valence-corrected chi connectivity index (χ4v) is 1.17. The Hall–Kier alpha value is -0.870. The number of rotatable bonds is 7. The standard InChI is InChI=1S/C10H20N4/c1-9(2)7-11-5-6-12-8-10-3-4-13-14-10/h3-4,9,11-12H,5-8H2,1-2H3,(H,13,14). The monoisotopic (exact) mass is 196 g/mol. The van der Waals surface area contributed by atoms with Crippen molar-refractivity contribution in [3.05, 3.63) is 18.0 Å². The molecule has 0 unspecified atom stereocenters. The lowest BCUT2D eigenvalue weighted by molar-refractivity contribution is 0.534. The van der Waals surface area contributed by atoms with Gasteiger partial charge in [-0.25, -0.2) is 0 Å². The van der Waals surface area contributed by atoms with E-state index in [1.165, 1.54) is 0 Å². The van der Waals surface area contributed by atoms with Crippen molar-refractivity contribution in [2.24, 2.45) is 5.92 Å². The van der Waals surface area contributed by atoms with Crippen LogP contribution in [-0.4, -0.2) is 29.8 Å². The first kappa shape index (κ1) is 11.2. The van der Waals surface area contributed by atoms with Crippen molar-refractivity contribution >= 4 is 0 Å². The lowest BCUT2D eigenvalue weighted by Gasteiger charge is -2.07. The lowest BCUT2D eigenvalue weighted by atomic mass is 10.2. The Balaban J connectivity index is 1.90. The van der Waals surface area contributed by atoms with Gasteiger partial charge in [0.2, 0.25) is 0 Å². The smallest absolute Gasteiger partial charge is 0.0490 e. The van der Waals surface area contributed by atoms with Crippen LogP contribution in [0.2, 0.25) is 0 Å². The van der Waals surface area contributed by atoms with Gasteiger partial charge >= 0.3 is 0 Å². The van der Waals surface area contributed by atoms with E-state index in [1.807, 2.05) is 6.07 Å². The second-order valence-electron chi connectivity index (χ2n) is 3.86. The average Bonchev–Trinajstić information content (AvgIpc) is 2.63. The summed E-state index contributed by atoms with van der Waals surface area (Å²) in [5, 5.41) is 13.5. The van der Waals surface area contributed by atoms with Gasteiger partial charge in [-0.15, -0.1) is 0 Å². The Morgan fingerprint density at radius 1 is 1.36 bits per heavy atom. The Labute approximate surface area is 85.5 Å². The molecule has 0 spiro atoms. The summed E-state index contributed by atoms with van der Waals surface area (Å²) in [5.74, 6) is 0.725. The van der Waals surface area contributed by atoms with Crippen LogP contribution in [0.3, 0.4) is 0 Å². The molecule has 0 aliphatic heterocycles. The van der Waals surface area contributed by atoms with Gasteiger partial charge in [-0.1, -0.05) is 13.8 Å². The lowest BCUT2D eigenvalue weighted by Crippen LogP contribution is -2.29. The summed E-state index contributed by atoms with van der Waals surface area (Å²) in [5.41, 5.74) is 1.13. The van der Waals surface area contributed by atoms with Crippen molar-refractivity contribution < 1.29 is 0 Å². The van der Waals surface area contributed by atoms with Gasteiger partial charge in [0.1, 0.15) is 0 Å². The molecule has 1 rings (SSSR count). The van der Waals surface area contributed by atoms with Crippen LogP contribution in [0.5, 0.6) is 0 Å². The highest BCUT2D eigenvalue weighted by molar-refractivity contribution is 4.96. The van der Waals surface area contributed by atoms with Gasteiger partial charge in [0.05, 0.1) is 0 Å². The van der Waals surface area contributed by atoms with E-state index in [9.17, 15) is 0 Å². The second kappa shape index (κ2) is 6.56. The van der Waals surface area contributed by atoms with Gasteiger partial charge in [0.15, 0.2) is 0 Å². The minimum atomic E-state index is 0.725. The number of H-pyrrole nitrogens is 1. The molecule has 14 heavy (non-hydrogen) atoms. The molecule has 0 radical (unpaired) electrons. The molecule has 1 heterocycles. The van der Waals surface area contributed by atoms with Crippen LogP contribution in [0.25, 0.3) is 0 Å². The van der Waals surface area contributed by atoms with Crippen LogP contribution in [0.15, 0.2) is 12.3 Å². The zero-order chi connectivity index (χ0) is 10.2. The molecule has 0 fully saturated rings. The molecule has 0 aliphatic carbocycles. The molecule has 0 bridgehead atoms. The predicted molar refractivity (Wildman–Crippen MR) is 58.0 cm³/mol. The van der Waals surface area contributed by atoms with Crippen LogP contribution in [-0.2, 0) is 6.54 Å². The molecule has 0 aliphatic rings. The first-order chi connectivity index (χ1) is 6.79. The molecule has 0 saturated heterocycles. The highest BCUT2D eigenvalue weighted by Gasteiger charge is 1.93. The predicted octanol–water partition coefficient (Wildman–Crippen LogP) is 0.745. The minimum absolute atomic E-state index is 0.725. The van der Waals surface area contributed by atoms with E-state index >= 15 is 0 Å². The molecular weight excluding hydrogens is 176 g/mol. The maximum absolute atomic E-state index is 3.88. The Morgan fingerprint density at radius 3 is 2.79 bits per heavy atom. The van der Waals surface area contributed by atoms with E-state index < -0.39 is 0 Å². The van der Waals surface area contributed by atoms with Gasteiger partial charge < -0.3 is 10.6 Å². The quantitative estimate of drug-likeness (QED) is 0.564. The Kier molecular flexibility index (Phi) is 5.25. The van der Waals surface area contributed by atoms with E-state index in [-0.39, 0.29) is 0 Å². The van der Waals surface area contributed by atoms with Crippen molar-refractivity contribution in [2.75, 3.05) is 19.6 Å². The van der Waals surface area contributed by atoms with Crippen LogP contribution in [0.1, 0.15) is 19.5 Å². The van der Waals surface area contributed by atoms with Crippen molar-refractivity contribution in [2.45, 2.75) is 20.4 Å². The zero-order valence-corrected chi connectivity index (χ0v) is 9.01. The first-order valence-corrected chi connectivity index (χ1v) is 5.18. The molecule has 4 nitrogen and oxygen atoms in total. The van der Waals surface area contributed by atoms with Crippen LogP contribution in [0.4, 0.5) is 0 Å². The molecule has 3 N–H and O–H groups in total. The summed E-state index contributed by atoms with van der Waals surface area (Å²) in [6, 6.07) is 1.98. The minimum Gasteiger partial charge on any atom is -0.315 e. The summed E-state index contributed by atoms with van der Waals surface area (Å²) in [4.78, 5) is 0. The fourth-order valence-electron chi connectivity index (χ4n) is 1.17. The number of aromatic amines is 1. The normalized spacial score (nSPS) is 11.1. The van der Waals surface area contributed by atoms with Crippen LogP contribution >= 0.6 is 0 Å². The van der Waals surface area contributed by atoms with Gasteiger partial charge in [0, 0.05) is 31.5 Å². The number of nitrogens with zero attached hydrogens (tertiary/aromatic N) is 1. The third kappa shape index (κ3) is 4.99. The average molecular weight is 196 g/mol. The largest absolute Gasteiger partial charge is 0.315 e. The SMILES string of the molecule is CC(C)CNCCNCc1ccn[nH]1. The van der Waals surface area contributed by atoms with E-state index in [1.54, 1.807) is 6.20 Å². The second-order valence-corrected chi connectivity index (χ2v) is 3.86. The summed E-state index contributed by atoms with van der Waals surface area (Å²) in [6.45, 7) is 8.39. The van der Waals surface area contributed by atoms with Crippen molar-refractivity contribution in [1.82, 2.24) is 20.8 Å². The highest BCUT2D eigenvalue weighted by Crippen LogP contribution is 1.89. The van der Waals surface area contributed by atoms with Crippen molar-refractivity contribution in [3.8, 4) is 0 Å². The third-order valence-electron chi connectivity index (χ3n) is 1.91. The maximum atomic E-state index is 3.88. The van der Waals surface area contributed by atoms with Gasteiger partial charge in [-0.05, 0) is 18.5 Å². The summed E-state index contributed by atoms with van der Waals surface area (Å²) < 4.78 is 0. The van der Waals surface area contributed by atoms with Crippen molar-refractivity contribution in [1.29, 1.82) is 0 Å². The number of nitrogens with one attached hydrogen (secondary N) is 3. The topological polar surface area (TPSA) is 52.7 Å². The Morgan fingerprint density at radius 2 is 2.14 bits per heavy atom. The molecule has 0 amide bonds. The third-order valence-corrected chi connectivity index (χ3v) is 1.91. The van der Waals surface area contributed by atoms with Crippen molar-refractivity contribution in [3.63, 3.8) is 0 Å². The van der Waals surface area contributed by atoms with E-state index in [4.69, 9.17) is 0 Å². The molecule has 1 aromatic heterocycles. The molecule has 80 valence electrons. The molecule has 0 aromatic carbocycles.